The second-order valence-corrected chi connectivity index (χ2v) is 9.39. The number of methoxy groups -OCH3 is 1. The number of esters is 1. The van der Waals surface area contributed by atoms with Gasteiger partial charge in [0.2, 0.25) is 5.91 Å². The Morgan fingerprint density at radius 3 is 2.31 bits per heavy atom. The van der Waals surface area contributed by atoms with Gasteiger partial charge in [0, 0.05) is 30.9 Å². The molecule has 0 saturated carbocycles. The molecule has 0 spiro atoms. The van der Waals surface area contributed by atoms with Gasteiger partial charge in [0.15, 0.2) is 11.9 Å². The highest BCUT2D eigenvalue weighted by atomic mass is 35.5. The highest BCUT2D eigenvalue weighted by molar-refractivity contribution is 6.23. The molecule has 3 rings (SSSR count). The summed E-state index contributed by atoms with van der Waals surface area (Å²) in [5.41, 5.74) is -4.84. The fourth-order valence-electron chi connectivity index (χ4n) is 4.62. The van der Waals surface area contributed by atoms with Crippen LogP contribution in [0.5, 0.6) is 0 Å². The van der Waals surface area contributed by atoms with Crippen LogP contribution in [-0.4, -0.2) is 58.9 Å². The number of halogens is 4. The van der Waals surface area contributed by atoms with Gasteiger partial charge in [-0.05, 0) is 27.7 Å². The number of fused-ring (bicyclic) bond motifs is 1. The molecule has 1 saturated heterocycles. The zero-order valence-electron chi connectivity index (χ0n) is 19.8. The van der Waals surface area contributed by atoms with Crippen LogP contribution in [0, 0.1) is 0 Å². The zero-order valence-corrected chi connectivity index (χ0v) is 20.5. The van der Waals surface area contributed by atoms with Crippen molar-refractivity contribution in [2.24, 2.45) is 0 Å². The van der Waals surface area contributed by atoms with E-state index < -0.39 is 58.1 Å². The van der Waals surface area contributed by atoms with Crippen LogP contribution in [0.25, 0.3) is 0 Å². The Labute approximate surface area is 205 Å². The minimum Gasteiger partial charge on any atom is -0.455 e. The van der Waals surface area contributed by atoms with Crippen molar-refractivity contribution in [1.82, 2.24) is 10.2 Å². The highest BCUT2D eigenvalue weighted by Crippen LogP contribution is 2.48. The molecule has 1 aromatic carbocycles. The van der Waals surface area contributed by atoms with Crippen molar-refractivity contribution < 1.29 is 37.0 Å². The maximum atomic E-state index is 14.3. The smallest absolute Gasteiger partial charge is 0.432 e. The van der Waals surface area contributed by atoms with Crippen molar-refractivity contribution in [3.63, 3.8) is 0 Å². The Morgan fingerprint density at radius 1 is 1.20 bits per heavy atom. The minimum atomic E-state index is -5.19. The summed E-state index contributed by atoms with van der Waals surface area (Å²) in [4.78, 5) is 40.0. The summed E-state index contributed by atoms with van der Waals surface area (Å²) < 4.78 is 53.1. The van der Waals surface area contributed by atoms with Crippen molar-refractivity contribution in [3.05, 3.63) is 59.4 Å². The summed E-state index contributed by atoms with van der Waals surface area (Å²) in [5, 5.41) is 1.53. The molecule has 0 aliphatic carbocycles. The molecule has 0 radical (unpaired) electrons. The first kappa shape index (κ1) is 26.7. The van der Waals surface area contributed by atoms with E-state index >= 15 is 0 Å². The van der Waals surface area contributed by atoms with Gasteiger partial charge in [0.25, 0.3) is 5.60 Å². The Morgan fingerprint density at radius 2 is 1.80 bits per heavy atom. The molecule has 0 bridgehead atoms. The molecule has 1 amide bonds. The Balaban J connectivity index is 1.99. The number of carbonyl (C=O) groups excluding carboxylic acids is 3. The van der Waals surface area contributed by atoms with Crippen molar-refractivity contribution in [2.75, 3.05) is 7.11 Å². The van der Waals surface area contributed by atoms with Gasteiger partial charge in [-0.25, -0.2) is 4.79 Å². The second-order valence-electron chi connectivity index (χ2n) is 8.88. The number of benzene rings is 1. The van der Waals surface area contributed by atoms with Crippen LogP contribution in [0.15, 0.2) is 53.9 Å². The van der Waals surface area contributed by atoms with Gasteiger partial charge in [-0.1, -0.05) is 35.9 Å². The molecule has 2 heterocycles. The van der Waals surface area contributed by atoms with E-state index in [9.17, 15) is 27.6 Å². The Bertz CT molecular complexity index is 1090. The fourth-order valence-corrected chi connectivity index (χ4v) is 5.03. The quantitative estimate of drug-likeness (QED) is 0.355. The standard InChI is InChI=1S/C24H26ClF3N2O5/c1-13(2)11-18(32)29-17-12-16(31)22(4)20(19(25)14(3)30(17)22)35-21(33)23(34-5,24(26,27)28)15-9-7-6-8-10-15/h6-12,14,19-20H,1-5H3,(H,29,32)/t14-,19-,20+,22+,23+/m0/s1. The number of ketones is 1. The van der Waals surface area contributed by atoms with Crippen molar-refractivity contribution >= 4 is 29.3 Å². The number of amides is 1. The molecule has 1 fully saturated rings. The predicted octanol–water partition coefficient (Wildman–Crippen LogP) is 3.58. The van der Waals surface area contributed by atoms with E-state index in [1.807, 2.05) is 0 Å². The van der Waals surface area contributed by atoms with E-state index in [4.69, 9.17) is 21.1 Å². The number of ether oxygens (including phenoxy) is 2. The van der Waals surface area contributed by atoms with Crippen LogP contribution in [-0.2, 0) is 29.5 Å². The molecule has 2 aliphatic heterocycles. The molecule has 0 unspecified atom stereocenters. The second kappa shape index (κ2) is 9.31. The first-order chi connectivity index (χ1) is 16.2. The third-order valence-electron chi connectivity index (χ3n) is 6.32. The number of rotatable bonds is 6. The van der Waals surface area contributed by atoms with E-state index in [1.165, 1.54) is 36.1 Å². The summed E-state index contributed by atoms with van der Waals surface area (Å²) in [6.07, 6.45) is -4.18. The molecular formula is C24H26ClF3N2O5. The predicted molar refractivity (Wildman–Crippen MR) is 121 cm³/mol. The van der Waals surface area contributed by atoms with E-state index in [-0.39, 0.29) is 5.82 Å². The normalized spacial score (nSPS) is 27.6. The first-order valence-corrected chi connectivity index (χ1v) is 11.2. The van der Waals surface area contributed by atoms with Gasteiger partial charge in [-0.3, -0.25) is 9.59 Å². The van der Waals surface area contributed by atoms with Crippen LogP contribution in [0.3, 0.4) is 0 Å². The lowest BCUT2D eigenvalue weighted by Gasteiger charge is -2.37. The van der Waals surface area contributed by atoms with Crippen LogP contribution < -0.4 is 5.32 Å². The van der Waals surface area contributed by atoms with Gasteiger partial charge in [0.05, 0.1) is 5.38 Å². The highest BCUT2D eigenvalue weighted by Gasteiger charge is 2.68. The van der Waals surface area contributed by atoms with E-state index in [0.717, 1.165) is 30.9 Å². The van der Waals surface area contributed by atoms with Crippen LogP contribution in [0.2, 0.25) is 0 Å². The van der Waals surface area contributed by atoms with E-state index in [2.05, 4.69) is 5.32 Å². The topological polar surface area (TPSA) is 84.9 Å². The SMILES string of the molecule is CO[C@@](C(=O)O[C@@H]1[C@@H](Cl)[C@H](C)N2C(NC(=O)C=C(C)C)=CC(=O)[C@]12C)(c1ccccc1)C(F)(F)F. The van der Waals surface area contributed by atoms with E-state index in [1.54, 1.807) is 20.8 Å². The zero-order chi connectivity index (χ0) is 26.3. The summed E-state index contributed by atoms with van der Waals surface area (Å²) in [6.45, 7) is 6.47. The largest absolute Gasteiger partial charge is 0.455 e. The third kappa shape index (κ3) is 4.23. The number of allylic oxidation sites excluding steroid dienone is 1. The van der Waals surface area contributed by atoms with E-state index in [0.29, 0.717) is 0 Å². The molecule has 5 atom stereocenters. The molecule has 2 aliphatic rings. The van der Waals surface area contributed by atoms with Crippen LogP contribution in [0.1, 0.15) is 33.3 Å². The van der Waals surface area contributed by atoms with Crippen LogP contribution >= 0.6 is 11.6 Å². The van der Waals surface area contributed by atoms with Gasteiger partial charge in [0.1, 0.15) is 11.4 Å². The maximum Gasteiger partial charge on any atom is 0.432 e. The molecule has 0 aromatic heterocycles. The molecular weight excluding hydrogens is 489 g/mol. The molecule has 7 nitrogen and oxygen atoms in total. The average molecular weight is 515 g/mol. The number of hydrogen-bond acceptors (Lipinski definition) is 6. The average Bonchev–Trinajstić information content (AvgIpc) is 3.11. The summed E-state index contributed by atoms with van der Waals surface area (Å²) in [6, 6.07) is 5.68. The number of alkyl halides is 4. The van der Waals surface area contributed by atoms with Gasteiger partial charge in [-0.15, -0.1) is 11.6 Å². The molecule has 1 aromatic rings. The van der Waals surface area contributed by atoms with Gasteiger partial charge in [-0.2, -0.15) is 13.2 Å². The number of nitrogens with zero attached hydrogens (tertiary/aromatic N) is 1. The fraction of sp³-hybridized carbons (Fsp3) is 0.458. The first-order valence-electron chi connectivity index (χ1n) is 10.8. The van der Waals surface area contributed by atoms with Gasteiger partial charge >= 0.3 is 12.1 Å². The van der Waals surface area contributed by atoms with Crippen LogP contribution in [0.4, 0.5) is 13.2 Å². The molecule has 35 heavy (non-hydrogen) atoms. The lowest BCUT2D eigenvalue weighted by molar-refractivity contribution is -0.278. The number of hydrogen-bond donors (Lipinski definition) is 1. The number of nitrogens with one attached hydrogen (secondary N) is 1. The third-order valence-corrected chi connectivity index (χ3v) is 6.91. The van der Waals surface area contributed by atoms with Crippen molar-refractivity contribution in [1.29, 1.82) is 0 Å². The molecule has 1 N–H and O–H groups in total. The minimum absolute atomic E-state index is 0.119. The summed E-state index contributed by atoms with van der Waals surface area (Å²) in [7, 11) is 0.754. The van der Waals surface area contributed by atoms with Crippen molar-refractivity contribution in [3.8, 4) is 0 Å². The maximum absolute atomic E-state index is 14.3. The molecule has 190 valence electrons. The molecule has 11 heteroatoms. The van der Waals surface area contributed by atoms with Crippen molar-refractivity contribution in [2.45, 2.75) is 62.5 Å². The summed E-state index contributed by atoms with van der Waals surface area (Å²) >= 11 is 6.52. The lowest BCUT2D eigenvalue weighted by atomic mass is 9.90. The summed E-state index contributed by atoms with van der Waals surface area (Å²) in [5.74, 6) is -2.70. The van der Waals surface area contributed by atoms with Gasteiger partial charge < -0.3 is 19.7 Å². The Hall–Kier alpha value is -2.85. The Kier molecular flexibility index (Phi) is 7.12. The number of carbonyl (C=O) groups is 3. The lowest BCUT2D eigenvalue weighted by Crippen LogP contribution is -2.57. The monoisotopic (exact) mass is 514 g/mol.